The fourth-order valence-electron chi connectivity index (χ4n) is 2.14. The number of rotatable bonds is 4. The van der Waals surface area contributed by atoms with Gasteiger partial charge in [0.2, 0.25) is 0 Å². The van der Waals surface area contributed by atoms with Crippen LogP contribution in [-0.2, 0) is 13.8 Å². The minimum Gasteiger partial charge on any atom is -0.352 e. The maximum absolute atomic E-state index is 11.7. The van der Waals surface area contributed by atoms with E-state index in [9.17, 15) is 14.2 Å². The molecule has 1 aliphatic rings. The molecule has 0 aliphatic carbocycles. The van der Waals surface area contributed by atoms with Crippen LogP contribution in [0.4, 0.5) is 0 Å². The zero-order valence-corrected chi connectivity index (χ0v) is 11.1. The number of hydrogen-bond donors (Lipinski definition) is 2. The molecule has 0 saturated carbocycles. The van der Waals surface area contributed by atoms with Gasteiger partial charge in [0.15, 0.2) is 0 Å². The van der Waals surface area contributed by atoms with Crippen LogP contribution in [0.3, 0.4) is 0 Å². The van der Waals surface area contributed by atoms with Gasteiger partial charge in [-0.3, -0.25) is 14.3 Å². The maximum atomic E-state index is 11.7. The minimum atomic E-state index is -2.66. The standard InChI is InChI=1S/C10H13N2O6P/c1-6-4-7(5-17-19(15)16)18-9(6)12-3-2-8(13)11-10(12)14/h2-3,6-7,9H,4-5H2,1H3,(H-,11,13,14,15,16)/p+1. The van der Waals surface area contributed by atoms with Gasteiger partial charge in [-0.1, -0.05) is 6.92 Å². The van der Waals surface area contributed by atoms with E-state index in [1.807, 2.05) is 6.92 Å². The molecule has 9 heteroatoms. The smallest absolute Gasteiger partial charge is 0.352 e. The van der Waals surface area contributed by atoms with Gasteiger partial charge in [0.05, 0.1) is 6.10 Å². The van der Waals surface area contributed by atoms with E-state index in [0.29, 0.717) is 6.42 Å². The van der Waals surface area contributed by atoms with Gasteiger partial charge in [-0.2, -0.15) is 0 Å². The fourth-order valence-corrected chi connectivity index (χ4v) is 2.43. The molecule has 8 nitrogen and oxygen atoms in total. The molecule has 104 valence electrons. The summed E-state index contributed by atoms with van der Waals surface area (Å²) in [7, 11) is -2.66. The second-order valence-electron chi connectivity index (χ2n) is 4.41. The summed E-state index contributed by atoms with van der Waals surface area (Å²) in [4.78, 5) is 33.4. The molecule has 1 aromatic rings. The number of aromatic nitrogens is 2. The lowest BCUT2D eigenvalue weighted by Gasteiger charge is -2.17. The molecule has 1 aliphatic heterocycles. The highest BCUT2D eigenvalue weighted by molar-refractivity contribution is 7.32. The van der Waals surface area contributed by atoms with Crippen molar-refractivity contribution < 1.29 is 18.7 Å². The highest BCUT2D eigenvalue weighted by Gasteiger charge is 2.35. The summed E-state index contributed by atoms with van der Waals surface area (Å²) >= 11 is 0. The topological polar surface area (TPSA) is 111 Å². The van der Waals surface area contributed by atoms with Crippen molar-refractivity contribution >= 4 is 8.25 Å². The van der Waals surface area contributed by atoms with Crippen molar-refractivity contribution in [3.63, 3.8) is 0 Å². The average molecular weight is 289 g/mol. The molecule has 0 spiro atoms. The minimum absolute atomic E-state index is 0.00928. The lowest BCUT2D eigenvalue weighted by molar-refractivity contribution is -0.0298. The molecule has 1 aromatic heterocycles. The number of aromatic amines is 1. The first-order valence-corrected chi connectivity index (χ1v) is 6.86. The largest absolute Gasteiger partial charge is 0.694 e. The van der Waals surface area contributed by atoms with Crippen LogP contribution in [0, 0.1) is 5.92 Å². The predicted octanol–water partition coefficient (Wildman–Crippen LogP) is 0.126. The lowest BCUT2D eigenvalue weighted by Crippen LogP contribution is -2.33. The van der Waals surface area contributed by atoms with Crippen molar-refractivity contribution in [2.45, 2.75) is 25.7 Å². The Labute approximate surface area is 108 Å². The monoisotopic (exact) mass is 289 g/mol. The van der Waals surface area contributed by atoms with Crippen LogP contribution in [0.15, 0.2) is 21.9 Å². The van der Waals surface area contributed by atoms with E-state index in [1.165, 1.54) is 16.8 Å². The third-order valence-corrected chi connectivity index (χ3v) is 3.32. The summed E-state index contributed by atoms with van der Waals surface area (Å²) in [5, 5.41) is 0. The summed E-state index contributed by atoms with van der Waals surface area (Å²) in [5.41, 5.74) is -1.01. The second kappa shape index (κ2) is 5.75. The summed E-state index contributed by atoms with van der Waals surface area (Å²) in [6, 6.07) is 1.24. The number of nitrogens with zero attached hydrogens (tertiary/aromatic N) is 1. The molecule has 4 unspecified atom stereocenters. The molecule has 1 saturated heterocycles. The maximum Gasteiger partial charge on any atom is 0.694 e. The highest BCUT2D eigenvalue weighted by Crippen LogP contribution is 2.34. The third-order valence-electron chi connectivity index (χ3n) is 2.95. The van der Waals surface area contributed by atoms with Crippen molar-refractivity contribution in [2.75, 3.05) is 6.61 Å². The zero-order chi connectivity index (χ0) is 14.0. The molecule has 19 heavy (non-hydrogen) atoms. The van der Waals surface area contributed by atoms with E-state index >= 15 is 0 Å². The second-order valence-corrected chi connectivity index (χ2v) is 5.15. The zero-order valence-electron chi connectivity index (χ0n) is 10.2. The molecule has 2 rings (SSSR count). The third kappa shape index (κ3) is 3.36. The molecule has 0 radical (unpaired) electrons. The van der Waals surface area contributed by atoms with E-state index < -0.39 is 25.7 Å². The first-order chi connectivity index (χ1) is 8.97. The van der Waals surface area contributed by atoms with Gasteiger partial charge >= 0.3 is 13.9 Å². The van der Waals surface area contributed by atoms with E-state index in [0.717, 1.165) is 0 Å². The van der Waals surface area contributed by atoms with E-state index in [2.05, 4.69) is 9.51 Å². The summed E-state index contributed by atoms with van der Waals surface area (Å²) in [6.45, 7) is 1.88. The lowest BCUT2D eigenvalue weighted by atomic mass is 10.1. The normalized spacial score (nSPS) is 27.5. The van der Waals surface area contributed by atoms with E-state index in [4.69, 9.17) is 9.63 Å². The van der Waals surface area contributed by atoms with E-state index in [-0.39, 0.29) is 18.6 Å². The highest BCUT2D eigenvalue weighted by atomic mass is 31.1. The number of ether oxygens (including phenoxy) is 1. The van der Waals surface area contributed by atoms with Crippen molar-refractivity contribution in [3.8, 4) is 0 Å². The van der Waals surface area contributed by atoms with Crippen LogP contribution in [0.5, 0.6) is 0 Å². The van der Waals surface area contributed by atoms with Gasteiger partial charge in [0.25, 0.3) is 5.56 Å². The quantitative estimate of drug-likeness (QED) is 0.762. The van der Waals surface area contributed by atoms with Crippen molar-refractivity contribution in [3.05, 3.63) is 33.1 Å². The summed E-state index contributed by atoms with van der Waals surface area (Å²) in [6.07, 6.45) is 1.09. The Balaban J connectivity index is 2.11. The van der Waals surface area contributed by atoms with Crippen LogP contribution in [0.25, 0.3) is 0 Å². The number of nitrogens with one attached hydrogen (secondary N) is 1. The molecule has 2 N–H and O–H groups in total. The first kappa shape index (κ1) is 14.1. The first-order valence-electron chi connectivity index (χ1n) is 5.73. The Morgan fingerprint density at radius 2 is 2.37 bits per heavy atom. The Kier molecular flexibility index (Phi) is 4.26. The van der Waals surface area contributed by atoms with Gasteiger partial charge in [0, 0.05) is 22.7 Å². The molecule has 0 aromatic carbocycles. The van der Waals surface area contributed by atoms with Crippen molar-refractivity contribution in [1.82, 2.24) is 9.55 Å². The van der Waals surface area contributed by atoms with Gasteiger partial charge in [-0.05, 0) is 6.42 Å². The molecular weight excluding hydrogens is 275 g/mol. The molecule has 0 amide bonds. The SMILES string of the molecule is CC1CC(CO[P+](=O)O)OC1n1ccc(=O)[nH]c1=O. The van der Waals surface area contributed by atoms with E-state index in [1.54, 1.807) is 0 Å². The van der Waals surface area contributed by atoms with Gasteiger partial charge in [0.1, 0.15) is 12.8 Å². The van der Waals surface area contributed by atoms with Crippen LogP contribution < -0.4 is 11.2 Å². The summed E-state index contributed by atoms with van der Waals surface area (Å²) in [5.74, 6) is 0.0220. The number of H-pyrrole nitrogens is 1. The van der Waals surface area contributed by atoms with Crippen molar-refractivity contribution in [1.29, 1.82) is 0 Å². The predicted molar refractivity (Wildman–Crippen MR) is 64.8 cm³/mol. The van der Waals surface area contributed by atoms with Crippen LogP contribution >= 0.6 is 8.25 Å². The average Bonchev–Trinajstić information content (AvgIpc) is 2.68. The summed E-state index contributed by atoms with van der Waals surface area (Å²) < 4.78 is 22.0. The molecule has 2 heterocycles. The Bertz CT molecular complexity index is 582. The van der Waals surface area contributed by atoms with Crippen molar-refractivity contribution in [2.24, 2.45) is 5.92 Å². The Morgan fingerprint density at radius 1 is 1.63 bits per heavy atom. The van der Waals surface area contributed by atoms with Crippen LogP contribution in [0.1, 0.15) is 19.6 Å². The molecular formula is C10H14N2O6P+. The number of hydrogen-bond acceptors (Lipinski definition) is 5. The van der Waals surface area contributed by atoms with Gasteiger partial charge < -0.3 is 4.74 Å². The Hall–Kier alpha value is -1.34. The van der Waals surface area contributed by atoms with Crippen LogP contribution in [-0.4, -0.2) is 27.2 Å². The fraction of sp³-hybridized carbons (Fsp3) is 0.600. The molecule has 1 fully saturated rings. The molecule has 0 bridgehead atoms. The van der Waals surface area contributed by atoms with Gasteiger partial charge in [-0.15, -0.1) is 9.42 Å². The van der Waals surface area contributed by atoms with Crippen LogP contribution in [0.2, 0.25) is 0 Å². The van der Waals surface area contributed by atoms with Gasteiger partial charge in [-0.25, -0.2) is 4.79 Å². The Morgan fingerprint density at radius 3 is 3.00 bits per heavy atom. The molecule has 4 atom stereocenters.